The molecule has 2 aromatic rings. The Morgan fingerprint density at radius 2 is 1.89 bits per heavy atom. The maximum Gasteiger partial charge on any atom is 0.274 e. The van der Waals surface area contributed by atoms with Crippen molar-refractivity contribution in [2.24, 2.45) is 11.0 Å². The van der Waals surface area contributed by atoms with E-state index >= 15 is 0 Å². The fourth-order valence-electron chi connectivity index (χ4n) is 3.78. The van der Waals surface area contributed by atoms with Crippen molar-refractivity contribution in [2.45, 2.75) is 32.2 Å². The Morgan fingerprint density at radius 3 is 2.56 bits per heavy atom. The average Bonchev–Trinajstić information content (AvgIpc) is 3.37. The van der Waals surface area contributed by atoms with Gasteiger partial charge in [0.05, 0.1) is 6.04 Å². The molecule has 0 radical (unpaired) electrons. The SMILES string of the molecule is Cc1cc(C(=O)N2CCC(C(=O)N3N=CCC3c3ccccc3)CC2)n[nH]1. The minimum absolute atomic E-state index is 0.0228. The number of aryl methyl sites for hydroxylation is 1. The van der Waals surface area contributed by atoms with Gasteiger partial charge < -0.3 is 4.90 Å². The highest BCUT2D eigenvalue weighted by atomic mass is 16.2. The van der Waals surface area contributed by atoms with Crippen molar-refractivity contribution in [3.8, 4) is 0 Å². The lowest BCUT2D eigenvalue weighted by molar-refractivity contribution is -0.138. The Hall–Kier alpha value is -2.96. The molecule has 3 heterocycles. The summed E-state index contributed by atoms with van der Waals surface area (Å²) in [5.41, 5.74) is 2.40. The predicted octanol–water partition coefficient (Wildman–Crippen LogP) is 2.53. The second kappa shape index (κ2) is 7.34. The molecule has 1 aromatic heterocycles. The van der Waals surface area contributed by atoms with Gasteiger partial charge in [-0.25, -0.2) is 5.01 Å². The van der Waals surface area contributed by atoms with Crippen LogP contribution in [-0.2, 0) is 4.79 Å². The van der Waals surface area contributed by atoms with E-state index in [2.05, 4.69) is 15.3 Å². The Kier molecular flexibility index (Phi) is 4.75. The van der Waals surface area contributed by atoms with E-state index in [1.165, 1.54) is 0 Å². The summed E-state index contributed by atoms with van der Waals surface area (Å²) in [6.45, 7) is 3.00. The summed E-state index contributed by atoms with van der Waals surface area (Å²) in [4.78, 5) is 27.3. The molecule has 1 N–H and O–H groups in total. The Morgan fingerprint density at radius 1 is 1.15 bits per heavy atom. The van der Waals surface area contributed by atoms with Crippen LogP contribution in [0.3, 0.4) is 0 Å². The van der Waals surface area contributed by atoms with Crippen LogP contribution < -0.4 is 0 Å². The predicted molar refractivity (Wildman–Crippen MR) is 101 cm³/mol. The van der Waals surface area contributed by atoms with Gasteiger partial charge in [0.15, 0.2) is 0 Å². The summed E-state index contributed by atoms with van der Waals surface area (Å²) < 4.78 is 0. The summed E-state index contributed by atoms with van der Waals surface area (Å²) >= 11 is 0. The van der Waals surface area contributed by atoms with E-state index in [0.717, 1.165) is 17.7 Å². The molecule has 2 aliphatic rings. The van der Waals surface area contributed by atoms with Gasteiger partial charge in [0, 0.05) is 37.3 Å². The summed E-state index contributed by atoms with van der Waals surface area (Å²) in [5.74, 6) is -0.122. The minimum atomic E-state index is -0.101. The fourth-order valence-corrected chi connectivity index (χ4v) is 3.78. The average molecular weight is 365 g/mol. The first-order valence-electron chi connectivity index (χ1n) is 9.35. The van der Waals surface area contributed by atoms with Crippen LogP contribution in [0.15, 0.2) is 41.5 Å². The lowest BCUT2D eigenvalue weighted by Gasteiger charge is -2.33. The van der Waals surface area contributed by atoms with E-state index in [-0.39, 0.29) is 23.8 Å². The zero-order valence-electron chi connectivity index (χ0n) is 15.3. The van der Waals surface area contributed by atoms with E-state index in [9.17, 15) is 9.59 Å². The maximum absolute atomic E-state index is 13.0. The van der Waals surface area contributed by atoms with Crippen LogP contribution >= 0.6 is 0 Å². The molecule has 1 atom stereocenters. The highest BCUT2D eigenvalue weighted by molar-refractivity contribution is 5.92. The first-order chi connectivity index (χ1) is 13.1. The number of nitrogens with zero attached hydrogens (tertiary/aromatic N) is 4. The number of rotatable bonds is 3. The number of carbonyl (C=O) groups excluding carboxylic acids is 2. The van der Waals surface area contributed by atoms with Gasteiger partial charge in [-0.05, 0) is 31.4 Å². The third-order valence-electron chi connectivity index (χ3n) is 5.30. The van der Waals surface area contributed by atoms with E-state index < -0.39 is 0 Å². The molecule has 1 saturated heterocycles. The van der Waals surface area contributed by atoms with E-state index in [0.29, 0.717) is 31.6 Å². The number of amides is 2. The smallest absolute Gasteiger partial charge is 0.274 e. The Labute approximate surface area is 158 Å². The number of hydrazone groups is 1. The van der Waals surface area contributed by atoms with Crippen molar-refractivity contribution < 1.29 is 9.59 Å². The van der Waals surface area contributed by atoms with Crippen LogP contribution in [0.2, 0.25) is 0 Å². The number of likely N-dealkylation sites (tertiary alicyclic amines) is 1. The topological polar surface area (TPSA) is 81.7 Å². The van der Waals surface area contributed by atoms with Crippen molar-refractivity contribution in [3.05, 3.63) is 53.3 Å². The molecule has 0 saturated carbocycles. The number of benzene rings is 1. The molecule has 2 amide bonds. The van der Waals surface area contributed by atoms with Crippen LogP contribution in [0.4, 0.5) is 0 Å². The summed E-state index contributed by atoms with van der Waals surface area (Å²) in [6, 6.07) is 11.7. The van der Waals surface area contributed by atoms with Crippen LogP contribution in [0.25, 0.3) is 0 Å². The molecule has 1 aromatic carbocycles. The van der Waals surface area contributed by atoms with Gasteiger partial charge in [-0.15, -0.1) is 0 Å². The van der Waals surface area contributed by atoms with Crippen molar-refractivity contribution >= 4 is 18.0 Å². The first-order valence-corrected chi connectivity index (χ1v) is 9.35. The highest BCUT2D eigenvalue weighted by Crippen LogP contribution is 2.31. The zero-order chi connectivity index (χ0) is 18.8. The number of H-pyrrole nitrogens is 1. The minimum Gasteiger partial charge on any atom is -0.337 e. The third-order valence-corrected chi connectivity index (χ3v) is 5.30. The normalized spacial score (nSPS) is 20.3. The molecule has 140 valence electrons. The van der Waals surface area contributed by atoms with Gasteiger partial charge in [0.2, 0.25) is 5.91 Å². The zero-order valence-corrected chi connectivity index (χ0v) is 15.3. The van der Waals surface area contributed by atoms with Crippen LogP contribution in [0, 0.1) is 12.8 Å². The van der Waals surface area contributed by atoms with Crippen LogP contribution in [0.5, 0.6) is 0 Å². The van der Waals surface area contributed by atoms with Gasteiger partial charge in [0.25, 0.3) is 5.91 Å². The summed E-state index contributed by atoms with van der Waals surface area (Å²) in [7, 11) is 0. The molecule has 4 rings (SSSR count). The van der Waals surface area contributed by atoms with Crippen molar-refractivity contribution in [3.63, 3.8) is 0 Å². The van der Waals surface area contributed by atoms with E-state index in [1.807, 2.05) is 43.5 Å². The molecule has 0 bridgehead atoms. The van der Waals surface area contributed by atoms with Gasteiger partial charge >= 0.3 is 0 Å². The van der Waals surface area contributed by atoms with Gasteiger partial charge in [-0.1, -0.05) is 30.3 Å². The third kappa shape index (κ3) is 3.49. The molecule has 7 nitrogen and oxygen atoms in total. The molecule has 7 heteroatoms. The van der Waals surface area contributed by atoms with Gasteiger partial charge in [0.1, 0.15) is 5.69 Å². The van der Waals surface area contributed by atoms with Crippen molar-refractivity contribution in [1.29, 1.82) is 0 Å². The molecule has 27 heavy (non-hydrogen) atoms. The fraction of sp³-hybridized carbons (Fsp3) is 0.400. The molecular formula is C20H23N5O2. The quantitative estimate of drug-likeness (QED) is 0.907. The molecule has 2 aliphatic heterocycles. The number of nitrogens with one attached hydrogen (secondary N) is 1. The van der Waals surface area contributed by atoms with Gasteiger partial charge in [-0.2, -0.15) is 10.2 Å². The van der Waals surface area contributed by atoms with E-state index in [1.54, 1.807) is 16.0 Å². The number of hydrogen-bond acceptors (Lipinski definition) is 4. The highest BCUT2D eigenvalue weighted by Gasteiger charge is 2.35. The molecular weight excluding hydrogens is 342 g/mol. The van der Waals surface area contributed by atoms with Gasteiger partial charge in [-0.3, -0.25) is 14.7 Å². The largest absolute Gasteiger partial charge is 0.337 e. The van der Waals surface area contributed by atoms with Crippen LogP contribution in [0.1, 0.15) is 47.1 Å². The number of aromatic amines is 1. The summed E-state index contributed by atoms with van der Waals surface area (Å²) in [6.07, 6.45) is 3.86. The van der Waals surface area contributed by atoms with Crippen LogP contribution in [-0.4, -0.2) is 51.2 Å². The number of piperidine rings is 1. The van der Waals surface area contributed by atoms with Crippen molar-refractivity contribution in [1.82, 2.24) is 20.1 Å². The Bertz CT molecular complexity index is 852. The maximum atomic E-state index is 13.0. The lowest BCUT2D eigenvalue weighted by atomic mass is 9.94. The molecule has 0 aliphatic carbocycles. The summed E-state index contributed by atoms with van der Waals surface area (Å²) in [5, 5.41) is 12.8. The number of carbonyl (C=O) groups is 2. The monoisotopic (exact) mass is 365 g/mol. The number of aromatic nitrogens is 2. The second-order valence-electron chi connectivity index (χ2n) is 7.15. The molecule has 1 fully saturated rings. The van der Waals surface area contributed by atoms with Crippen molar-refractivity contribution in [2.75, 3.05) is 13.1 Å². The molecule has 1 unspecified atom stereocenters. The lowest BCUT2D eigenvalue weighted by Crippen LogP contribution is -2.43. The molecule has 0 spiro atoms. The standard InChI is InChI=1S/C20H23N5O2/c1-14-13-17(23-22-14)20(27)24-11-8-16(9-12-24)19(26)25-18(7-10-21-25)15-5-3-2-4-6-15/h2-6,10,13,16,18H,7-9,11-12H2,1H3,(H,22,23). The number of hydrogen-bond donors (Lipinski definition) is 1. The second-order valence-corrected chi connectivity index (χ2v) is 7.15. The first kappa shape index (κ1) is 17.5. The van der Waals surface area contributed by atoms with E-state index in [4.69, 9.17) is 0 Å². The Balaban J connectivity index is 1.38.